The maximum atomic E-state index is 9.13. The van der Waals surface area contributed by atoms with Crippen LogP contribution in [0.25, 0.3) is 0 Å². The van der Waals surface area contributed by atoms with Crippen molar-refractivity contribution >= 4 is 0 Å². The number of nitrogens with zero attached hydrogens (tertiary/aromatic N) is 1. The summed E-state index contributed by atoms with van der Waals surface area (Å²) in [6.45, 7) is 3.64. The predicted molar refractivity (Wildman–Crippen MR) is 35.5 cm³/mol. The van der Waals surface area contributed by atoms with Crippen molar-refractivity contribution < 1.29 is 5.11 Å². The van der Waals surface area contributed by atoms with E-state index in [1.54, 1.807) is 5.01 Å². The molecule has 1 aliphatic heterocycles. The second-order valence-electron chi connectivity index (χ2n) is 2.95. The minimum Gasteiger partial charge on any atom is -0.392 e. The molecular formula is C6H14N2O. The summed E-state index contributed by atoms with van der Waals surface area (Å²) in [5, 5.41) is 10.8. The summed E-state index contributed by atoms with van der Waals surface area (Å²) in [6, 6.07) is 0. The average Bonchev–Trinajstić information content (AvgIpc) is 1.59. The Bertz CT molecular complexity index is 72.0. The molecule has 0 aromatic heterocycles. The van der Waals surface area contributed by atoms with E-state index in [1.807, 2.05) is 0 Å². The van der Waals surface area contributed by atoms with E-state index < -0.39 is 0 Å². The quantitative estimate of drug-likeness (QED) is 0.437. The molecule has 0 aromatic rings. The minimum atomic E-state index is -0.209. The van der Waals surface area contributed by atoms with Crippen LogP contribution in [0.4, 0.5) is 0 Å². The maximum absolute atomic E-state index is 9.13. The number of hydrogen-bond donors (Lipinski definition) is 2. The zero-order chi connectivity index (χ0) is 6.85. The zero-order valence-electron chi connectivity index (χ0n) is 5.75. The smallest absolute Gasteiger partial charge is 0.0684 e. The first-order valence-corrected chi connectivity index (χ1v) is 3.36. The number of piperidine rings is 1. The summed E-state index contributed by atoms with van der Waals surface area (Å²) >= 11 is 0. The van der Waals surface area contributed by atoms with Crippen molar-refractivity contribution in [2.24, 2.45) is 11.8 Å². The van der Waals surface area contributed by atoms with Gasteiger partial charge in [0.15, 0.2) is 0 Å². The number of hydrazine groups is 1. The van der Waals surface area contributed by atoms with Crippen LogP contribution in [0.2, 0.25) is 0 Å². The molecule has 1 heterocycles. The Morgan fingerprint density at radius 1 is 1.56 bits per heavy atom. The maximum Gasteiger partial charge on any atom is 0.0684 e. The van der Waals surface area contributed by atoms with Gasteiger partial charge in [0.1, 0.15) is 0 Å². The first-order chi connectivity index (χ1) is 4.18. The number of β-amino-alcohol motifs (C(OH)–C–C–N with tert-alkyl or cyclic N) is 1. The first kappa shape index (κ1) is 6.99. The molecule has 3 N–H and O–H groups in total. The Balaban J connectivity index is 2.34. The highest BCUT2D eigenvalue weighted by Gasteiger charge is 2.20. The van der Waals surface area contributed by atoms with Gasteiger partial charge < -0.3 is 5.11 Å². The van der Waals surface area contributed by atoms with Crippen molar-refractivity contribution in [1.82, 2.24) is 5.01 Å². The molecule has 1 aliphatic rings. The van der Waals surface area contributed by atoms with Gasteiger partial charge in [0, 0.05) is 13.1 Å². The van der Waals surface area contributed by atoms with Crippen molar-refractivity contribution in [3.05, 3.63) is 0 Å². The van der Waals surface area contributed by atoms with Gasteiger partial charge in [-0.1, -0.05) is 6.92 Å². The third kappa shape index (κ3) is 1.93. The molecule has 0 spiro atoms. The third-order valence-electron chi connectivity index (χ3n) is 1.67. The highest BCUT2D eigenvalue weighted by atomic mass is 16.3. The average molecular weight is 130 g/mol. The van der Waals surface area contributed by atoms with Gasteiger partial charge in [-0.05, 0) is 12.3 Å². The van der Waals surface area contributed by atoms with Crippen LogP contribution in [0.15, 0.2) is 0 Å². The molecule has 0 saturated carbocycles. The van der Waals surface area contributed by atoms with Crippen molar-refractivity contribution in [1.29, 1.82) is 0 Å². The van der Waals surface area contributed by atoms with Gasteiger partial charge in [-0.2, -0.15) is 0 Å². The molecule has 0 bridgehead atoms. The van der Waals surface area contributed by atoms with Gasteiger partial charge in [0.2, 0.25) is 0 Å². The molecule has 0 radical (unpaired) electrons. The van der Waals surface area contributed by atoms with Crippen LogP contribution in [0, 0.1) is 5.92 Å². The Labute approximate surface area is 55.4 Å². The third-order valence-corrected chi connectivity index (χ3v) is 1.67. The van der Waals surface area contributed by atoms with E-state index in [-0.39, 0.29) is 6.10 Å². The monoisotopic (exact) mass is 130 g/mol. The molecule has 0 aromatic carbocycles. The van der Waals surface area contributed by atoms with Crippen molar-refractivity contribution in [2.75, 3.05) is 13.1 Å². The highest BCUT2D eigenvalue weighted by Crippen LogP contribution is 2.12. The summed E-state index contributed by atoms with van der Waals surface area (Å²) in [6.07, 6.45) is 0.687. The Kier molecular flexibility index (Phi) is 2.05. The van der Waals surface area contributed by atoms with Crippen molar-refractivity contribution in [3.8, 4) is 0 Å². The second-order valence-corrected chi connectivity index (χ2v) is 2.95. The summed E-state index contributed by atoms with van der Waals surface area (Å²) < 4.78 is 0. The molecule has 0 aliphatic carbocycles. The second kappa shape index (κ2) is 2.64. The summed E-state index contributed by atoms with van der Waals surface area (Å²) in [5.74, 6) is 6.03. The van der Waals surface area contributed by atoms with E-state index in [1.165, 1.54) is 0 Å². The van der Waals surface area contributed by atoms with Gasteiger partial charge >= 0.3 is 0 Å². The van der Waals surface area contributed by atoms with E-state index in [0.29, 0.717) is 12.5 Å². The van der Waals surface area contributed by atoms with E-state index >= 15 is 0 Å². The molecule has 1 rings (SSSR count). The molecule has 0 amide bonds. The van der Waals surface area contributed by atoms with Gasteiger partial charge in [-0.25, -0.2) is 5.01 Å². The van der Waals surface area contributed by atoms with Crippen LogP contribution in [0.5, 0.6) is 0 Å². The predicted octanol–water partition coefficient (Wildman–Crippen LogP) is -0.437. The van der Waals surface area contributed by atoms with Crippen LogP contribution >= 0.6 is 0 Å². The molecule has 3 heteroatoms. The molecule has 2 atom stereocenters. The Morgan fingerprint density at radius 2 is 2.22 bits per heavy atom. The largest absolute Gasteiger partial charge is 0.392 e. The van der Waals surface area contributed by atoms with Gasteiger partial charge in [0.05, 0.1) is 6.10 Å². The summed E-state index contributed by atoms with van der Waals surface area (Å²) in [4.78, 5) is 0. The van der Waals surface area contributed by atoms with Crippen LogP contribution in [-0.4, -0.2) is 29.3 Å². The lowest BCUT2D eigenvalue weighted by molar-refractivity contribution is 0.0448. The lowest BCUT2D eigenvalue weighted by atomic mass is 9.99. The van der Waals surface area contributed by atoms with Gasteiger partial charge in [0.25, 0.3) is 0 Å². The van der Waals surface area contributed by atoms with Crippen molar-refractivity contribution in [3.63, 3.8) is 0 Å². The fraction of sp³-hybridized carbons (Fsp3) is 1.00. The fourth-order valence-electron chi connectivity index (χ4n) is 1.36. The van der Waals surface area contributed by atoms with E-state index in [2.05, 4.69) is 6.92 Å². The van der Waals surface area contributed by atoms with Crippen LogP contribution < -0.4 is 5.84 Å². The standard InChI is InChI=1S/C6H14N2O/c1-5-2-6(9)4-8(7)3-5/h5-6,9H,2-4,7H2,1H3/t5-,6-/m0/s1. The van der Waals surface area contributed by atoms with E-state index in [0.717, 1.165) is 13.0 Å². The molecule has 3 nitrogen and oxygen atoms in total. The fourth-order valence-corrected chi connectivity index (χ4v) is 1.36. The van der Waals surface area contributed by atoms with Crippen LogP contribution in [0.3, 0.4) is 0 Å². The van der Waals surface area contributed by atoms with E-state index in [9.17, 15) is 0 Å². The number of aliphatic hydroxyl groups excluding tert-OH is 1. The van der Waals surface area contributed by atoms with Gasteiger partial charge in [-0.3, -0.25) is 5.84 Å². The number of nitrogens with two attached hydrogens (primary N) is 1. The highest BCUT2D eigenvalue weighted by molar-refractivity contribution is 4.72. The number of hydrogen-bond acceptors (Lipinski definition) is 3. The number of aliphatic hydroxyl groups is 1. The lowest BCUT2D eigenvalue weighted by Gasteiger charge is -2.30. The SMILES string of the molecule is C[C@H]1C[C@H](O)CN(N)C1. The van der Waals surface area contributed by atoms with E-state index in [4.69, 9.17) is 10.9 Å². The minimum absolute atomic E-state index is 0.209. The van der Waals surface area contributed by atoms with Crippen molar-refractivity contribution in [2.45, 2.75) is 19.4 Å². The Hall–Kier alpha value is -0.120. The lowest BCUT2D eigenvalue weighted by Crippen LogP contribution is -2.46. The normalized spacial score (nSPS) is 39.0. The van der Waals surface area contributed by atoms with Crippen LogP contribution in [-0.2, 0) is 0 Å². The summed E-state index contributed by atoms with van der Waals surface area (Å²) in [5.41, 5.74) is 0. The summed E-state index contributed by atoms with van der Waals surface area (Å²) in [7, 11) is 0. The Morgan fingerprint density at radius 3 is 2.67 bits per heavy atom. The molecule has 1 saturated heterocycles. The zero-order valence-corrected chi connectivity index (χ0v) is 5.75. The number of rotatable bonds is 0. The van der Waals surface area contributed by atoms with Crippen LogP contribution in [0.1, 0.15) is 13.3 Å². The molecule has 9 heavy (non-hydrogen) atoms. The molecular weight excluding hydrogens is 116 g/mol. The first-order valence-electron chi connectivity index (χ1n) is 3.36. The molecule has 0 unspecified atom stereocenters. The molecule has 54 valence electrons. The van der Waals surface area contributed by atoms with Gasteiger partial charge in [-0.15, -0.1) is 0 Å². The molecule has 1 fully saturated rings. The topological polar surface area (TPSA) is 49.5 Å².